The van der Waals surface area contributed by atoms with Gasteiger partial charge in [0.1, 0.15) is 10.7 Å². The lowest BCUT2D eigenvalue weighted by Crippen LogP contribution is -2.57. The first-order valence-electron chi connectivity index (χ1n) is 6.97. The van der Waals surface area contributed by atoms with Crippen molar-refractivity contribution in [1.82, 2.24) is 25.3 Å². The van der Waals surface area contributed by atoms with Crippen molar-refractivity contribution in [3.05, 3.63) is 16.4 Å². The number of aromatic nitrogens is 2. The highest BCUT2D eigenvalue weighted by Gasteiger charge is 2.51. The molecule has 3 heterocycles. The Morgan fingerprint density at radius 2 is 2.19 bits per heavy atom. The van der Waals surface area contributed by atoms with Gasteiger partial charge in [-0.05, 0) is 26.3 Å². The molecule has 0 aromatic carbocycles. The number of amides is 3. The Kier molecular flexibility index (Phi) is 3.41. The Balaban J connectivity index is 1.86. The van der Waals surface area contributed by atoms with E-state index in [0.29, 0.717) is 23.7 Å². The summed E-state index contributed by atoms with van der Waals surface area (Å²) in [6, 6.07) is -0.358. The van der Waals surface area contributed by atoms with E-state index in [2.05, 4.69) is 15.7 Å². The van der Waals surface area contributed by atoms with Crippen molar-refractivity contribution < 1.29 is 9.59 Å². The molecule has 0 bridgehead atoms. The molecule has 7 nitrogen and oxygen atoms in total. The molecule has 114 valence electrons. The van der Waals surface area contributed by atoms with Crippen LogP contribution in [0.2, 0.25) is 5.15 Å². The monoisotopic (exact) mass is 311 g/mol. The summed E-state index contributed by atoms with van der Waals surface area (Å²) < 4.78 is 1.54. The summed E-state index contributed by atoms with van der Waals surface area (Å²) in [5, 5.41) is 10.7. The molecule has 0 radical (unpaired) electrons. The molecular formula is C13H18ClN5O2. The summed E-state index contributed by atoms with van der Waals surface area (Å²) >= 11 is 6.18. The summed E-state index contributed by atoms with van der Waals surface area (Å²) in [6.07, 6.45) is 1.54. The fraction of sp³-hybridized carbons (Fsp3) is 0.615. The van der Waals surface area contributed by atoms with Gasteiger partial charge in [0.15, 0.2) is 0 Å². The number of rotatable bonds is 2. The minimum atomic E-state index is -0.794. The maximum absolute atomic E-state index is 12.7. The van der Waals surface area contributed by atoms with Crippen molar-refractivity contribution in [1.29, 1.82) is 0 Å². The van der Waals surface area contributed by atoms with Crippen LogP contribution in [-0.2, 0) is 18.4 Å². The number of piperidine rings is 1. The zero-order chi connectivity index (χ0) is 15.2. The Labute approximate surface area is 127 Å². The minimum absolute atomic E-state index is 0.158. The Morgan fingerprint density at radius 3 is 2.76 bits per heavy atom. The third-order valence-electron chi connectivity index (χ3n) is 4.22. The summed E-state index contributed by atoms with van der Waals surface area (Å²) in [6.45, 7) is 3.33. The third kappa shape index (κ3) is 2.20. The molecule has 2 N–H and O–H groups in total. The normalized spacial score (nSPS) is 25.8. The van der Waals surface area contributed by atoms with Crippen LogP contribution in [0.4, 0.5) is 4.79 Å². The van der Waals surface area contributed by atoms with Crippen molar-refractivity contribution in [2.75, 3.05) is 13.1 Å². The molecule has 0 saturated carbocycles. The summed E-state index contributed by atoms with van der Waals surface area (Å²) in [5.41, 5.74) is 0.645. The van der Waals surface area contributed by atoms with Gasteiger partial charge in [0.05, 0.1) is 12.2 Å². The predicted octanol–water partition coefficient (Wildman–Crippen LogP) is 0.556. The van der Waals surface area contributed by atoms with Gasteiger partial charge in [0, 0.05) is 19.2 Å². The largest absolute Gasteiger partial charge is 0.325 e. The number of hydrogen-bond acceptors (Lipinski definition) is 4. The quantitative estimate of drug-likeness (QED) is 0.782. The van der Waals surface area contributed by atoms with E-state index in [4.69, 9.17) is 11.6 Å². The smallest absolute Gasteiger partial charge is 0.322 e. The number of carbonyl (C=O) groups is 2. The van der Waals surface area contributed by atoms with E-state index in [-0.39, 0.29) is 18.5 Å². The Hall–Kier alpha value is -1.60. The second-order valence-corrected chi connectivity index (χ2v) is 6.02. The van der Waals surface area contributed by atoms with Gasteiger partial charge in [0.2, 0.25) is 0 Å². The number of carbonyl (C=O) groups excluding carboxylic acids is 2. The minimum Gasteiger partial charge on any atom is -0.322 e. The number of imide groups is 1. The third-order valence-corrected chi connectivity index (χ3v) is 4.69. The van der Waals surface area contributed by atoms with Crippen LogP contribution in [0.25, 0.3) is 0 Å². The topological polar surface area (TPSA) is 79.3 Å². The molecule has 3 amide bonds. The van der Waals surface area contributed by atoms with Gasteiger partial charge in [-0.2, -0.15) is 5.10 Å². The first kappa shape index (κ1) is 14.3. The van der Waals surface area contributed by atoms with Gasteiger partial charge in [-0.15, -0.1) is 0 Å². The van der Waals surface area contributed by atoms with Gasteiger partial charge in [-0.3, -0.25) is 14.4 Å². The van der Waals surface area contributed by atoms with Gasteiger partial charge in [-0.1, -0.05) is 11.6 Å². The van der Waals surface area contributed by atoms with E-state index in [1.165, 1.54) is 4.90 Å². The van der Waals surface area contributed by atoms with Gasteiger partial charge in [0.25, 0.3) is 5.91 Å². The molecular weight excluding hydrogens is 294 g/mol. The Bertz CT molecular complexity index is 606. The van der Waals surface area contributed by atoms with E-state index < -0.39 is 5.54 Å². The first-order chi connectivity index (χ1) is 9.94. The summed E-state index contributed by atoms with van der Waals surface area (Å²) in [4.78, 5) is 26.1. The SMILES string of the molecule is Cc1nn(C)c(Cl)c1CN1C(=O)NC2(CCCNC2)C1=O. The summed E-state index contributed by atoms with van der Waals surface area (Å²) in [5.74, 6) is -0.181. The average molecular weight is 312 g/mol. The molecule has 8 heteroatoms. The molecule has 2 saturated heterocycles. The average Bonchev–Trinajstić information content (AvgIpc) is 2.82. The molecule has 2 aliphatic heterocycles. The zero-order valence-electron chi connectivity index (χ0n) is 12.1. The van der Waals surface area contributed by atoms with E-state index in [1.54, 1.807) is 11.7 Å². The van der Waals surface area contributed by atoms with Crippen LogP contribution < -0.4 is 10.6 Å². The molecule has 21 heavy (non-hydrogen) atoms. The molecule has 0 aliphatic carbocycles. The second kappa shape index (κ2) is 4.99. The number of nitrogens with one attached hydrogen (secondary N) is 2. The van der Waals surface area contributed by atoms with Gasteiger partial charge < -0.3 is 10.6 Å². The van der Waals surface area contributed by atoms with Crippen molar-refractivity contribution in [3.63, 3.8) is 0 Å². The van der Waals surface area contributed by atoms with Crippen molar-refractivity contribution in [2.24, 2.45) is 7.05 Å². The van der Waals surface area contributed by atoms with Gasteiger partial charge >= 0.3 is 6.03 Å². The lowest BCUT2D eigenvalue weighted by molar-refractivity contribution is -0.132. The maximum atomic E-state index is 12.7. The molecule has 1 aromatic heterocycles. The fourth-order valence-electron chi connectivity index (χ4n) is 3.03. The first-order valence-corrected chi connectivity index (χ1v) is 7.35. The molecule has 1 atom stereocenters. The second-order valence-electron chi connectivity index (χ2n) is 5.66. The van der Waals surface area contributed by atoms with E-state index in [9.17, 15) is 9.59 Å². The van der Waals surface area contributed by atoms with Crippen molar-refractivity contribution >= 4 is 23.5 Å². The lowest BCUT2D eigenvalue weighted by atomic mass is 9.90. The van der Waals surface area contributed by atoms with Crippen LogP contribution in [0.15, 0.2) is 0 Å². The van der Waals surface area contributed by atoms with E-state index in [1.807, 2.05) is 6.92 Å². The number of urea groups is 1. The number of nitrogens with zero attached hydrogens (tertiary/aromatic N) is 3. The Morgan fingerprint density at radius 1 is 1.43 bits per heavy atom. The predicted molar refractivity (Wildman–Crippen MR) is 76.9 cm³/mol. The fourth-order valence-corrected chi connectivity index (χ4v) is 3.26. The van der Waals surface area contributed by atoms with Crippen LogP contribution in [0.3, 0.4) is 0 Å². The summed E-state index contributed by atoms with van der Waals surface area (Å²) in [7, 11) is 1.73. The van der Waals surface area contributed by atoms with Crippen LogP contribution >= 0.6 is 11.6 Å². The van der Waals surface area contributed by atoms with E-state index in [0.717, 1.165) is 18.7 Å². The molecule has 1 unspecified atom stereocenters. The molecule has 2 aliphatic rings. The van der Waals surface area contributed by atoms with Crippen LogP contribution in [0.5, 0.6) is 0 Å². The maximum Gasteiger partial charge on any atom is 0.325 e. The van der Waals surface area contributed by atoms with Crippen molar-refractivity contribution in [2.45, 2.75) is 31.8 Å². The highest BCUT2D eigenvalue weighted by atomic mass is 35.5. The number of aryl methyl sites for hydroxylation is 2. The van der Waals surface area contributed by atoms with Crippen LogP contribution in [-0.4, -0.2) is 45.2 Å². The molecule has 3 rings (SSSR count). The number of halogens is 1. The van der Waals surface area contributed by atoms with Crippen molar-refractivity contribution in [3.8, 4) is 0 Å². The highest BCUT2D eigenvalue weighted by molar-refractivity contribution is 6.30. The molecule has 2 fully saturated rings. The van der Waals surface area contributed by atoms with Crippen LogP contribution in [0.1, 0.15) is 24.1 Å². The van der Waals surface area contributed by atoms with Gasteiger partial charge in [-0.25, -0.2) is 4.79 Å². The molecule has 1 aromatic rings. The number of hydrogen-bond donors (Lipinski definition) is 2. The van der Waals surface area contributed by atoms with Crippen LogP contribution in [0, 0.1) is 6.92 Å². The van der Waals surface area contributed by atoms with E-state index >= 15 is 0 Å². The molecule has 1 spiro atoms. The highest BCUT2D eigenvalue weighted by Crippen LogP contribution is 2.28. The lowest BCUT2D eigenvalue weighted by Gasteiger charge is -2.31. The zero-order valence-corrected chi connectivity index (χ0v) is 12.8. The standard InChI is InChI=1S/C13H18ClN5O2/c1-8-9(10(14)18(2)17-8)6-19-11(20)13(16-12(19)21)4-3-5-15-7-13/h15H,3-7H2,1-2H3,(H,16,21).